The van der Waals surface area contributed by atoms with Crippen LogP contribution in [0.1, 0.15) is 5.56 Å². The zero-order valence-electron chi connectivity index (χ0n) is 11.2. The van der Waals surface area contributed by atoms with Crippen molar-refractivity contribution in [3.05, 3.63) is 54.1 Å². The van der Waals surface area contributed by atoms with E-state index in [1.165, 1.54) is 18.5 Å². The third-order valence-corrected chi connectivity index (χ3v) is 4.09. The lowest BCUT2D eigenvalue weighted by atomic mass is 10.2. The quantitative estimate of drug-likeness (QED) is 0.825. The molecule has 0 aliphatic carbocycles. The topological polar surface area (TPSA) is 24.8 Å². The molecule has 0 spiro atoms. The van der Waals surface area contributed by atoms with E-state index in [0.717, 1.165) is 28.4 Å². The number of nitrogens with zero attached hydrogens (tertiary/aromatic N) is 2. The summed E-state index contributed by atoms with van der Waals surface area (Å²) in [6.45, 7) is 0.299. The molecular formula is C15H11F3N2OS. The molecule has 3 rings (SSSR count). The molecule has 1 aliphatic rings. The summed E-state index contributed by atoms with van der Waals surface area (Å²) in [5.41, 5.74) is 0.187. The van der Waals surface area contributed by atoms with Gasteiger partial charge in [0.15, 0.2) is 6.73 Å². The molecule has 114 valence electrons. The van der Waals surface area contributed by atoms with E-state index in [4.69, 9.17) is 4.84 Å². The molecule has 0 fully saturated rings. The van der Waals surface area contributed by atoms with Gasteiger partial charge in [0.2, 0.25) is 0 Å². The Morgan fingerprint density at radius 2 is 1.91 bits per heavy atom. The SMILES string of the molecule is FC(F)(F)c1ccccc1Sc1cccc(N2C=NOC2)c1. The molecule has 0 N–H and O–H groups in total. The molecule has 0 saturated heterocycles. The van der Waals surface area contributed by atoms with Crippen molar-refractivity contribution in [2.45, 2.75) is 16.0 Å². The van der Waals surface area contributed by atoms with E-state index in [9.17, 15) is 13.2 Å². The van der Waals surface area contributed by atoms with Gasteiger partial charge in [-0.25, -0.2) is 0 Å². The molecule has 2 aromatic carbocycles. The highest BCUT2D eigenvalue weighted by Crippen LogP contribution is 2.39. The van der Waals surface area contributed by atoms with Gasteiger partial charge < -0.3 is 4.84 Å². The predicted octanol–water partition coefficient (Wildman–Crippen LogP) is 4.59. The molecule has 2 aromatic rings. The average Bonchev–Trinajstić information content (AvgIpc) is 3.01. The van der Waals surface area contributed by atoms with Crippen molar-refractivity contribution in [3.63, 3.8) is 0 Å². The lowest BCUT2D eigenvalue weighted by Crippen LogP contribution is -2.17. The minimum Gasteiger partial charge on any atom is -0.372 e. The lowest BCUT2D eigenvalue weighted by Gasteiger charge is -2.14. The van der Waals surface area contributed by atoms with E-state index in [0.29, 0.717) is 6.73 Å². The Morgan fingerprint density at radius 1 is 1.09 bits per heavy atom. The molecule has 3 nitrogen and oxygen atoms in total. The molecule has 0 amide bonds. The van der Waals surface area contributed by atoms with E-state index in [1.54, 1.807) is 29.2 Å². The second-order valence-electron chi connectivity index (χ2n) is 4.54. The molecule has 0 unspecified atom stereocenters. The predicted molar refractivity (Wildman–Crippen MR) is 78.9 cm³/mol. The van der Waals surface area contributed by atoms with Crippen LogP contribution in [0.5, 0.6) is 0 Å². The van der Waals surface area contributed by atoms with Gasteiger partial charge >= 0.3 is 6.18 Å². The molecule has 0 bridgehead atoms. The van der Waals surface area contributed by atoms with Gasteiger partial charge in [0.25, 0.3) is 0 Å². The fourth-order valence-corrected chi connectivity index (χ4v) is 3.02. The van der Waals surface area contributed by atoms with Crippen LogP contribution in [0.3, 0.4) is 0 Å². The molecule has 0 aromatic heterocycles. The first kappa shape index (κ1) is 14.8. The van der Waals surface area contributed by atoms with Crippen LogP contribution in [0.2, 0.25) is 0 Å². The third kappa shape index (κ3) is 3.19. The van der Waals surface area contributed by atoms with E-state index in [2.05, 4.69) is 5.16 Å². The van der Waals surface area contributed by atoms with Crippen molar-refractivity contribution in [2.24, 2.45) is 5.16 Å². The molecular weight excluding hydrogens is 313 g/mol. The lowest BCUT2D eigenvalue weighted by molar-refractivity contribution is -0.139. The monoisotopic (exact) mass is 324 g/mol. The van der Waals surface area contributed by atoms with Crippen molar-refractivity contribution >= 4 is 23.8 Å². The Bertz CT molecular complexity index is 703. The summed E-state index contributed by atoms with van der Waals surface area (Å²) in [7, 11) is 0. The minimum absolute atomic E-state index is 0.179. The second kappa shape index (κ2) is 5.92. The standard InChI is InChI=1S/C15H11F3N2OS/c16-15(17,18)13-6-1-2-7-14(13)22-12-5-3-4-11(8-12)20-9-19-21-10-20/h1-9H,10H2. The summed E-state index contributed by atoms with van der Waals surface area (Å²) in [5, 5.41) is 3.65. The van der Waals surface area contributed by atoms with E-state index >= 15 is 0 Å². The van der Waals surface area contributed by atoms with Crippen LogP contribution >= 0.6 is 11.8 Å². The first-order valence-electron chi connectivity index (χ1n) is 6.40. The normalized spacial score (nSPS) is 14.2. The van der Waals surface area contributed by atoms with Gasteiger partial charge in [0, 0.05) is 15.5 Å². The van der Waals surface area contributed by atoms with Gasteiger partial charge in [-0.15, -0.1) is 0 Å². The van der Waals surface area contributed by atoms with Gasteiger partial charge in [0.1, 0.15) is 6.34 Å². The largest absolute Gasteiger partial charge is 0.417 e. The maximum atomic E-state index is 13.0. The average molecular weight is 324 g/mol. The Kier molecular flexibility index (Phi) is 3.98. The second-order valence-corrected chi connectivity index (χ2v) is 5.66. The van der Waals surface area contributed by atoms with Gasteiger partial charge in [-0.3, -0.25) is 4.90 Å². The Hall–Kier alpha value is -2.15. The van der Waals surface area contributed by atoms with Crippen molar-refractivity contribution in [1.29, 1.82) is 0 Å². The third-order valence-electron chi connectivity index (χ3n) is 3.03. The number of benzene rings is 2. The summed E-state index contributed by atoms with van der Waals surface area (Å²) < 4.78 is 39.1. The first-order valence-corrected chi connectivity index (χ1v) is 7.22. The van der Waals surface area contributed by atoms with Crippen molar-refractivity contribution in [1.82, 2.24) is 0 Å². The fourth-order valence-electron chi connectivity index (χ4n) is 2.00. The summed E-state index contributed by atoms with van der Waals surface area (Å²) in [6.07, 6.45) is -2.83. The number of anilines is 1. The highest BCUT2D eigenvalue weighted by molar-refractivity contribution is 7.99. The highest BCUT2D eigenvalue weighted by atomic mass is 32.2. The number of hydrogen-bond donors (Lipinski definition) is 0. The molecule has 7 heteroatoms. The van der Waals surface area contributed by atoms with Gasteiger partial charge in [-0.2, -0.15) is 13.2 Å². The minimum atomic E-state index is -4.36. The zero-order chi connectivity index (χ0) is 15.6. The van der Waals surface area contributed by atoms with Crippen molar-refractivity contribution < 1.29 is 18.0 Å². The van der Waals surface area contributed by atoms with E-state index in [1.807, 2.05) is 6.07 Å². The van der Waals surface area contributed by atoms with Crippen LogP contribution in [-0.4, -0.2) is 13.1 Å². The summed E-state index contributed by atoms with van der Waals surface area (Å²) >= 11 is 1.08. The van der Waals surface area contributed by atoms with Gasteiger partial charge in [-0.1, -0.05) is 35.1 Å². The van der Waals surface area contributed by atoms with Crippen molar-refractivity contribution in [3.8, 4) is 0 Å². The smallest absolute Gasteiger partial charge is 0.372 e. The van der Waals surface area contributed by atoms with Crippen LogP contribution in [0.15, 0.2) is 63.5 Å². The Balaban J connectivity index is 1.88. The van der Waals surface area contributed by atoms with Crippen LogP contribution in [0.4, 0.5) is 18.9 Å². The summed E-state index contributed by atoms with van der Waals surface area (Å²) in [4.78, 5) is 7.53. The maximum absolute atomic E-state index is 13.0. The molecule has 0 radical (unpaired) electrons. The molecule has 22 heavy (non-hydrogen) atoms. The number of rotatable bonds is 3. The fraction of sp³-hybridized carbons (Fsp3) is 0.133. The van der Waals surface area contributed by atoms with Gasteiger partial charge in [0.05, 0.1) is 5.56 Å². The summed E-state index contributed by atoms with van der Waals surface area (Å²) in [6, 6.07) is 12.8. The first-order chi connectivity index (χ1) is 10.5. The highest BCUT2D eigenvalue weighted by Gasteiger charge is 2.33. The van der Waals surface area contributed by atoms with Crippen molar-refractivity contribution in [2.75, 3.05) is 11.6 Å². The number of oxime groups is 1. The van der Waals surface area contributed by atoms with Crippen LogP contribution < -0.4 is 4.90 Å². The molecule has 1 aliphatic heterocycles. The molecule has 0 saturated carbocycles. The van der Waals surface area contributed by atoms with Crippen LogP contribution in [0, 0.1) is 0 Å². The van der Waals surface area contributed by atoms with E-state index < -0.39 is 11.7 Å². The van der Waals surface area contributed by atoms with Gasteiger partial charge in [-0.05, 0) is 30.3 Å². The number of halogens is 3. The van der Waals surface area contributed by atoms with E-state index in [-0.39, 0.29) is 4.90 Å². The van der Waals surface area contributed by atoms with Crippen LogP contribution in [0.25, 0.3) is 0 Å². The Labute approximate surface area is 129 Å². The molecule has 0 atom stereocenters. The Morgan fingerprint density at radius 3 is 2.64 bits per heavy atom. The maximum Gasteiger partial charge on any atom is 0.417 e. The van der Waals surface area contributed by atoms with Crippen LogP contribution in [-0.2, 0) is 11.0 Å². The number of hydrogen-bond acceptors (Lipinski definition) is 4. The zero-order valence-corrected chi connectivity index (χ0v) is 12.1. The number of alkyl halides is 3. The summed E-state index contributed by atoms with van der Waals surface area (Å²) in [5.74, 6) is 0. The molecule has 1 heterocycles.